The van der Waals surface area contributed by atoms with E-state index >= 15 is 0 Å². The van der Waals surface area contributed by atoms with Crippen molar-refractivity contribution in [1.82, 2.24) is 14.7 Å². The van der Waals surface area contributed by atoms with Crippen LogP contribution in [0, 0.1) is 0 Å². The molecule has 0 aromatic carbocycles. The van der Waals surface area contributed by atoms with Crippen LogP contribution in [0.25, 0.3) is 0 Å². The fourth-order valence-corrected chi connectivity index (χ4v) is 3.49. The summed E-state index contributed by atoms with van der Waals surface area (Å²) in [6.07, 6.45) is 2.47. The van der Waals surface area contributed by atoms with Crippen LogP contribution in [0.2, 0.25) is 5.02 Å². The first-order valence-corrected chi connectivity index (χ1v) is 9.00. The number of aromatic nitrogens is 2. The third-order valence-corrected chi connectivity index (χ3v) is 4.74. The zero-order chi connectivity index (χ0) is 18.7. The Kier molecular flexibility index (Phi) is 5.83. The second-order valence-electron chi connectivity index (χ2n) is 6.07. The summed E-state index contributed by atoms with van der Waals surface area (Å²) >= 11 is 6.48. The molecule has 0 bridgehead atoms. The molecular formula is C17H22ClN3O5. The molecule has 3 heterocycles. The lowest BCUT2D eigenvalue weighted by Gasteiger charge is -2.38. The largest absolute Gasteiger partial charge is 0.475 e. The summed E-state index contributed by atoms with van der Waals surface area (Å²) in [7, 11) is 1.63. The van der Waals surface area contributed by atoms with Crippen LogP contribution in [0.1, 0.15) is 31.5 Å². The van der Waals surface area contributed by atoms with E-state index in [9.17, 15) is 9.59 Å². The number of hydrogen-bond acceptors (Lipinski definition) is 7. The molecule has 2 aliphatic rings. The van der Waals surface area contributed by atoms with E-state index in [-0.39, 0.29) is 30.4 Å². The normalized spacial score (nSPS) is 18.9. The number of esters is 1. The molecule has 0 saturated heterocycles. The van der Waals surface area contributed by atoms with Crippen molar-refractivity contribution in [3.63, 3.8) is 0 Å². The maximum Gasteiger partial charge on any atom is 0.343 e. The first-order valence-electron chi connectivity index (χ1n) is 8.62. The lowest BCUT2D eigenvalue weighted by molar-refractivity contribution is -0.140. The quantitative estimate of drug-likeness (QED) is 0.403. The third-order valence-electron chi connectivity index (χ3n) is 4.39. The molecule has 0 aliphatic carbocycles. The smallest absolute Gasteiger partial charge is 0.343 e. The van der Waals surface area contributed by atoms with E-state index in [4.69, 9.17) is 25.8 Å². The van der Waals surface area contributed by atoms with Gasteiger partial charge in [-0.15, -0.1) is 5.10 Å². The van der Waals surface area contributed by atoms with Gasteiger partial charge >= 0.3 is 5.97 Å². The standard InChI is InChI=1S/C17H22ClN3O5/c1-3-25-17(23)11-10-20-5-6-21-15(12(20)9-13(11)22)14(18)16(19-21)26-8-4-7-24-2/h10,12H,3-9H2,1-2H3. The molecule has 0 amide bonds. The fraction of sp³-hybridized carbons (Fsp3) is 0.588. The topological polar surface area (TPSA) is 82.9 Å². The molecule has 2 aliphatic heterocycles. The minimum atomic E-state index is -0.580. The van der Waals surface area contributed by atoms with Crippen LogP contribution >= 0.6 is 11.6 Å². The second kappa shape index (κ2) is 8.09. The lowest BCUT2D eigenvalue weighted by atomic mass is 9.95. The molecule has 0 radical (unpaired) electrons. The van der Waals surface area contributed by atoms with Crippen molar-refractivity contribution in [2.75, 3.05) is 33.5 Å². The molecule has 8 nitrogen and oxygen atoms in total. The van der Waals surface area contributed by atoms with Crippen molar-refractivity contribution in [3.05, 3.63) is 22.5 Å². The fourth-order valence-electron chi connectivity index (χ4n) is 3.17. The molecule has 0 spiro atoms. The van der Waals surface area contributed by atoms with E-state index in [0.29, 0.717) is 37.2 Å². The minimum absolute atomic E-state index is 0.0863. The Hall–Kier alpha value is -2.06. The predicted molar refractivity (Wildman–Crippen MR) is 93.0 cm³/mol. The summed E-state index contributed by atoms with van der Waals surface area (Å²) in [4.78, 5) is 26.3. The van der Waals surface area contributed by atoms with Crippen molar-refractivity contribution in [3.8, 4) is 5.88 Å². The van der Waals surface area contributed by atoms with E-state index in [0.717, 1.165) is 12.1 Å². The van der Waals surface area contributed by atoms with Gasteiger partial charge < -0.3 is 19.1 Å². The number of Topliss-reactive ketones (excluding diaryl/α,β-unsaturated/α-hetero) is 1. The zero-order valence-electron chi connectivity index (χ0n) is 14.9. The van der Waals surface area contributed by atoms with E-state index in [1.54, 1.807) is 24.9 Å². The van der Waals surface area contributed by atoms with Crippen LogP contribution in [0.15, 0.2) is 11.8 Å². The Balaban J connectivity index is 1.80. The highest BCUT2D eigenvalue weighted by Gasteiger charge is 2.39. The van der Waals surface area contributed by atoms with Gasteiger partial charge in [0.2, 0.25) is 0 Å². The first kappa shape index (κ1) is 18.7. The summed E-state index contributed by atoms with van der Waals surface area (Å²) in [6.45, 7) is 4.20. The third kappa shape index (κ3) is 3.57. The monoisotopic (exact) mass is 383 g/mol. The van der Waals surface area contributed by atoms with Gasteiger partial charge in [0.25, 0.3) is 5.88 Å². The number of carbonyl (C=O) groups excluding carboxylic acids is 2. The summed E-state index contributed by atoms with van der Waals surface area (Å²) in [5.74, 6) is -0.464. The van der Waals surface area contributed by atoms with Crippen LogP contribution in [0.5, 0.6) is 5.88 Å². The summed E-state index contributed by atoms with van der Waals surface area (Å²) < 4.78 is 17.4. The van der Waals surface area contributed by atoms with Crippen molar-refractivity contribution in [2.45, 2.75) is 32.4 Å². The van der Waals surface area contributed by atoms with Gasteiger partial charge in [-0.25, -0.2) is 4.79 Å². The number of ketones is 1. The van der Waals surface area contributed by atoms with Gasteiger partial charge in [-0.05, 0) is 6.92 Å². The van der Waals surface area contributed by atoms with Crippen LogP contribution in [-0.4, -0.2) is 59.9 Å². The Morgan fingerprint density at radius 1 is 1.38 bits per heavy atom. The van der Waals surface area contributed by atoms with Crippen molar-refractivity contribution in [2.24, 2.45) is 0 Å². The van der Waals surface area contributed by atoms with Gasteiger partial charge in [-0.2, -0.15) is 0 Å². The highest BCUT2D eigenvalue weighted by Crippen LogP contribution is 2.41. The molecule has 3 rings (SSSR count). The number of fused-ring (bicyclic) bond motifs is 3. The van der Waals surface area contributed by atoms with Crippen molar-refractivity contribution >= 4 is 23.4 Å². The summed E-state index contributed by atoms with van der Waals surface area (Å²) in [5.41, 5.74) is 0.829. The number of nitrogens with zero attached hydrogens (tertiary/aromatic N) is 3. The number of ether oxygens (including phenoxy) is 3. The maximum atomic E-state index is 12.4. The molecular weight excluding hydrogens is 362 g/mol. The molecule has 0 saturated carbocycles. The van der Waals surface area contributed by atoms with E-state index < -0.39 is 5.97 Å². The van der Waals surface area contributed by atoms with Gasteiger partial charge in [0.05, 0.1) is 31.5 Å². The van der Waals surface area contributed by atoms with Gasteiger partial charge in [-0.1, -0.05) is 11.6 Å². The Bertz CT molecular complexity index is 730. The zero-order valence-corrected chi connectivity index (χ0v) is 15.6. The summed E-state index contributed by atoms with van der Waals surface area (Å²) in [5, 5.41) is 4.83. The average Bonchev–Trinajstić information content (AvgIpc) is 2.95. The van der Waals surface area contributed by atoms with E-state index in [1.165, 1.54) is 0 Å². The molecule has 142 valence electrons. The number of rotatable bonds is 7. The predicted octanol–water partition coefficient (Wildman–Crippen LogP) is 1.73. The molecule has 1 aromatic rings. The number of carbonyl (C=O) groups is 2. The maximum absolute atomic E-state index is 12.4. The second-order valence-corrected chi connectivity index (χ2v) is 6.44. The van der Waals surface area contributed by atoms with E-state index in [2.05, 4.69) is 5.10 Å². The van der Waals surface area contributed by atoms with E-state index in [1.807, 2.05) is 4.90 Å². The number of methoxy groups -OCH3 is 1. The SMILES string of the molecule is CCOC(=O)C1=CN2CCn3nc(OCCCOC)c(Cl)c3C2CC1=O. The first-order chi connectivity index (χ1) is 12.6. The van der Waals surface area contributed by atoms with Crippen LogP contribution in [0.4, 0.5) is 0 Å². The lowest BCUT2D eigenvalue weighted by Crippen LogP contribution is -2.40. The molecule has 9 heteroatoms. The van der Waals surface area contributed by atoms with Crippen LogP contribution in [-0.2, 0) is 25.6 Å². The molecule has 1 unspecified atom stereocenters. The minimum Gasteiger partial charge on any atom is -0.475 e. The van der Waals surface area contributed by atoms with Gasteiger partial charge in [0.1, 0.15) is 10.6 Å². The molecule has 0 N–H and O–H groups in total. The Morgan fingerprint density at radius 2 is 2.19 bits per heavy atom. The summed E-state index contributed by atoms with van der Waals surface area (Å²) in [6, 6.07) is -0.259. The van der Waals surface area contributed by atoms with Crippen LogP contribution < -0.4 is 4.74 Å². The van der Waals surface area contributed by atoms with Crippen molar-refractivity contribution < 1.29 is 23.8 Å². The molecule has 1 aromatic heterocycles. The number of hydrogen-bond donors (Lipinski definition) is 0. The van der Waals surface area contributed by atoms with Crippen LogP contribution in [0.3, 0.4) is 0 Å². The Morgan fingerprint density at radius 3 is 2.92 bits per heavy atom. The average molecular weight is 384 g/mol. The molecule has 0 fully saturated rings. The highest BCUT2D eigenvalue weighted by molar-refractivity contribution is 6.32. The van der Waals surface area contributed by atoms with Gasteiger partial charge in [0, 0.05) is 39.3 Å². The molecule has 26 heavy (non-hydrogen) atoms. The molecule has 1 atom stereocenters. The van der Waals surface area contributed by atoms with Gasteiger partial charge in [0.15, 0.2) is 5.78 Å². The highest BCUT2D eigenvalue weighted by atomic mass is 35.5. The number of halogens is 1. The van der Waals surface area contributed by atoms with Gasteiger partial charge in [-0.3, -0.25) is 9.48 Å². The van der Waals surface area contributed by atoms with Crippen molar-refractivity contribution in [1.29, 1.82) is 0 Å². The Labute approximate surface area is 156 Å².